The van der Waals surface area contributed by atoms with E-state index < -0.39 is 0 Å². The molecule has 3 rings (SSSR count). The van der Waals surface area contributed by atoms with E-state index in [0.29, 0.717) is 0 Å². The van der Waals surface area contributed by atoms with Crippen molar-refractivity contribution in [2.24, 2.45) is 0 Å². The zero-order valence-electron chi connectivity index (χ0n) is 12.8. The first-order valence-corrected chi connectivity index (χ1v) is 8.08. The predicted molar refractivity (Wildman–Crippen MR) is 80.4 cm³/mol. The third kappa shape index (κ3) is 4.81. The molecule has 0 radical (unpaired) electrons. The number of hydrogen-bond acceptors (Lipinski definition) is 5. The first-order valence-electron chi connectivity index (χ1n) is 8.08. The van der Waals surface area contributed by atoms with E-state index in [-0.39, 0.29) is 0 Å². The number of rotatable bonds is 6. The van der Waals surface area contributed by atoms with Crippen molar-refractivity contribution in [3.63, 3.8) is 0 Å². The van der Waals surface area contributed by atoms with Gasteiger partial charge in [0.25, 0.3) is 0 Å². The first kappa shape index (κ1) is 15.0. The average molecular weight is 294 g/mol. The quantitative estimate of drug-likeness (QED) is 0.792. The fourth-order valence-corrected chi connectivity index (χ4v) is 2.92. The lowest BCUT2D eigenvalue weighted by atomic mass is 10.2. The minimum atomic E-state index is 0.840. The van der Waals surface area contributed by atoms with Crippen molar-refractivity contribution in [3.05, 3.63) is 23.7 Å². The van der Waals surface area contributed by atoms with Crippen molar-refractivity contribution >= 4 is 0 Å². The van der Waals surface area contributed by atoms with Gasteiger partial charge in [-0.1, -0.05) is 0 Å². The van der Waals surface area contributed by atoms with E-state index in [1.165, 1.54) is 0 Å². The molecule has 0 N–H and O–H groups in total. The summed E-state index contributed by atoms with van der Waals surface area (Å²) in [6, 6.07) is 4.26. The van der Waals surface area contributed by atoms with Crippen molar-refractivity contribution in [1.82, 2.24) is 9.80 Å². The third-order valence-electron chi connectivity index (χ3n) is 4.20. The van der Waals surface area contributed by atoms with Crippen LogP contribution < -0.4 is 0 Å². The summed E-state index contributed by atoms with van der Waals surface area (Å²) in [6.45, 7) is 9.64. The zero-order chi connectivity index (χ0) is 14.3. The van der Waals surface area contributed by atoms with Gasteiger partial charge in [-0.2, -0.15) is 0 Å². The number of morpholine rings is 2. The molecule has 0 aromatic carbocycles. The Morgan fingerprint density at radius 2 is 1.43 bits per heavy atom. The van der Waals surface area contributed by atoms with Gasteiger partial charge in [0, 0.05) is 32.6 Å². The van der Waals surface area contributed by atoms with Gasteiger partial charge in [0.2, 0.25) is 0 Å². The Kier molecular flexibility index (Phi) is 5.68. The molecule has 5 nitrogen and oxygen atoms in total. The van der Waals surface area contributed by atoms with Gasteiger partial charge in [0.1, 0.15) is 11.5 Å². The summed E-state index contributed by atoms with van der Waals surface area (Å²) in [7, 11) is 0. The number of hydrogen-bond donors (Lipinski definition) is 0. The molecule has 0 spiro atoms. The van der Waals surface area contributed by atoms with Gasteiger partial charge >= 0.3 is 0 Å². The van der Waals surface area contributed by atoms with Crippen molar-refractivity contribution < 1.29 is 13.9 Å². The molecular formula is C16H26N2O3. The van der Waals surface area contributed by atoms with E-state index in [9.17, 15) is 0 Å². The maximum Gasteiger partial charge on any atom is 0.118 e. The molecule has 21 heavy (non-hydrogen) atoms. The predicted octanol–water partition coefficient (Wildman–Crippen LogP) is 1.38. The van der Waals surface area contributed by atoms with E-state index >= 15 is 0 Å². The maximum atomic E-state index is 5.95. The zero-order valence-corrected chi connectivity index (χ0v) is 12.8. The first-order chi connectivity index (χ1) is 10.4. The monoisotopic (exact) mass is 294 g/mol. The average Bonchev–Trinajstić information content (AvgIpc) is 2.97. The third-order valence-corrected chi connectivity index (χ3v) is 4.20. The smallest absolute Gasteiger partial charge is 0.118 e. The topological polar surface area (TPSA) is 38.1 Å². The molecule has 0 atom stereocenters. The Balaban J connectivity index is 1.37. The molecule has 118 valence electrons. The highest BCUT2D eigenvalue weighted by Crippen LogP contribution is 2.13. The molecule has 0 aliphatic carbocycles. The molecule has 0 bridgehead atoms. The molecule has 2 aliphatic rings. The highest BCUT2D eigenvalue weighted by Gasteiger charge is 2.13. The molecule has 0 amide bonds. The van der Waals surface area contributed by atoms with Crippen LogP contribution in [0.4, 0.5) is 0 Å². The number of nitrogens with zero attached hydrogens (tertiary/aromatic N) is 2. The standard InChI is InChI=1S/C16H26N2O3/c1(5-17-6-10-19-11-7-17)2-15-3-4-16(21-15)14-18-8-12-20-13-9-18/h3-4H,1-2,5-14H2. The highest BCUT2D eigenvalue weighted by molar-refractivity contribution is 5.07. The molecule has 2 saturated heterocycles. The normalized spacial score (nSPS) is 21.7. The van der Waals surface area contributed by atoms with Crippen molar-refractivity contribution in [2.45, 2.75) is 19.4 Å². The van der Waals surface area contributed by atoms with Gasteiger partial charge < -0.3 is 13.9 Å². The molecule has 1 aromatic rings. The number of furan rings is 1. The lowest BCUT2D eigenvalue weighted by Gasteiger charge is -2.26. The molecule has 0 unspecified atom stereocenters. The Bertz CT molecular complexity index is 409. The van der Waals surface area contributed by atoms with Crippen molar-refractivity contribution in [2.75, 3.05) is 59.2 Å². The summed E-state index contributed by atoms with van der Waals surface area (Å²) in [4.78, 5) is 4.86. The Labute approximate surface area is 126 Å². The molecule has 2 fully saturated rings. The van der Waals surface area contributed by atoms with Crippen LogP contribution in [-0.2, 0) is 22.4 Å². The van der Waals surface area contributed by atoms with Crippen LogP contribution in [0, 0.1) is 0 Å². The van der Waals surface area contributed by atoms with Gasteiger partial charge in [-0.15, -0.1) is 0 Å². The Morgan fingerprint density at radius 3 is 2.14 bits per heavy atom. The second-order valence-corrected chi connectivity index (χ2v) is 5.81. The summed E-state index contributed by atoms with van der Waals surface area (Å²) in [6.07, 6.45) is 2.19. The molecular weight excluding hydrogens is 268 g/mol. The molecule has 5 heteroatoms. The van der Waals surface area contributed by atoms with E-state index in [4.69, 9.17) is 13.9 Å². The van der Waals surface area contributed by atoms with Crippen molar-refractivity contribution in [3.8, 4) is 0 Å². The molecule has 0 saturated carbocycles. The summed E-state index contributed by atoms with van der Waals surface area (Å²) >= 11 is 0. The summed E-state index contributed by atoms with van der Waals surface area (Å²) in [5.41, 5.74) is 0. The number of ether oxygens (including phenoxy) is 2. The van der Waals surface area contributed by atoms with Gasteiger partial charge in [-0.05, 0) is 25.1 Å². The fourth-order valence-electron chi connectivity index (χ4n) is 2.92. The highest BCUT2D eigenvalue weighted by atomic mass is 16.5. The second-order valence-electron chi connectivity index (χ2n) is 5.81. The van der Waals surface area contributed by atoms with Gasteiger partial charge in [-0.3, -0.25) is 9.80 Å². The van der Waals surface area contributed by atoms with Crippen LogP contribution >= 0.6 is 0 Å². The van der Waals surface area contributed by atoms with Crippen LogP contribution in [0.2, 0.25) is 0 Å². The van der Waals surface area contributed by atoms with Crippen LogP contribution in [0.3, 0.4) is 0 Å². The van der Waals surface area contributed by atoms with E-state index in [2.05, 4.69) is 21.9 Å². The molecule has 1 aromatic heterocycles. The van der Waals surface area contributed by atoms with Crippen molar-refractivity contribution in [1.29, 1.82) is 0 Å². The van der Waals surface area contributed by atoms with E-state index in [1.54, 1.807) is 0 Å². The SMILES string of the molecule is c1cc(CN2CCOCC2)oc1CCCN1CCOCC1. The summed E-state index contributed by atoms with van der Waals surface area (Å²) in [5.74, 6) is 2.20. The number of aryl methyl sites for hydroxylation is 1. The fraction of sp³-hybridized carbons (Fsp3) is 0.750. The van der Waals surface area contributed by atoms with Gasteiger partial charge in [0.15, 0.2) is 0 Å². The lowest BCUT2D eigenvalue weighted by Crippen LogP contribution is -2.36. The lowest BCUT2D eigenvalue weighted by molar-refractivity contribution is 0.0311. The van der Waals surface area contributed by atoms with Crippen LogP contribution in [0.15, 0.2) is 16.5 Å². The van der Waals surface area contributed by atoms with Crippen LogP contribution in [0.1, 0.15) is 17.9 Å². The maximum absolute atomic E-state index is 5.95. The Morgan fingerprint density at radius 1 is 0.810 bits per heavy atom. The van der Waals surface area contributed by atoms with Gasteiger partial charge in [0.05, 0.1) is 33.0 Å². The van der Waals surface area contributed by atoms with Crippen LogP contribution in [0.5, 0.6) is 0 Å². The minimum absolute atomic E-state index is 0.840. The van der Waals surface area contributed by atoms with E-state index in [1.807, 2.05) is 0 Å². The largest absolute Gasteiger partial charge is 0.465 e. The van der Waals surface area contributed by atoms with E-state index in [0.717, 1.165) is 90.1 Å². The molecule has 3 heterocycles. The molecule has 2 aliphatic heterocycles. The summed E-state index contributed by atoms with van der Waals surface area (Å²) in [5, 5.41) is 0. The summed E-state index contributed by atoms with van der Waals surface area (Å²) < 4.78 is 16.7. The second kappa shape index (κ2) is 7.94. The Hall–Kier alpha value is -0.880. The van der Waals surface area contributed by atoms with Crippen LogP contribution in [0.25, 0.3) is 0 Å². The van der Waals surface area contributed by atoms with Gasteiger partial charge in [-0.25, -0.2) is 0 Å². The minimum Gasteiger partial charge on any atom is -0.465 e. The van der Waals surface area contributed by atoms with Crippen LogP contribution in [-0.4, -0.2) is 69.0 Å².